The molecule has 1 N–H and O–H groups in total. The van der Waals surface area contributed by atoms with Crippen LogP contribution in [0.15, 0.2) is 0 Å². The lowest BCUT2D eigenvalue weighted by Crippen LogP contribution is -2.50. The highest BCUT2D eigenvalue weighted by Crippen LogP contribution is 2.19. The van der Waals surface area contributed by atoms with E-state index in [2.05, 4.69) is 24.1 Å². The standard InChI is InChI=1S/C19H37N3O2/c1-15(2)17(21-10-6-7-11-21)14-20-16-8-12-22(13-9-16)18(23)24-19(3,4)5/h15-17,20H,6-14H2,1-5H3. The molecular formula is C19H37N3O2. The fourth-order valence-corrected chi connectivity index (χ4v) is 3.74. The summed E-state index contributed by atoms with van der Waals surface area (Å²) in [7, 11) is 0. The third kappa shape index (κ3) is 5.92. The summed E-state index contributed by atoms with van der Waals surface area (Å²) in [6.07, 6.45) is 4.56. The molecule has 0 aromatic heterocycles. The first kappa shape index (κ1) is 19.5. The monoisotopic (exact) mass is 339 g/mol. The second kappa shape index (κ2) is 8.52. The van der Waals surface area contributed by atoms with Crippen molar-refractivity contribution in [2.45, 2.75) is 78.0 Å². The fraction of sp³-hybridized carbons (Fsp3) is 0.947. The molecule has 0 bridgehead atoms. The summed E-state index contributed by atoms with van der Waals surface area (Å²) in [5, 5.41) is 3.77. The molecule has 1 atom stereocenters. The summed E-state index contributed by atoms with van der Waals surface area (Å²) in [5.41, 5.74) is -0.410. The summed E-state index contributed by atoms with van der Waals surface area (Å²) < 4.78 is 5.47. The van der Waals surface area contributed by atoms with Gasteiger partial charge in [0.25, 0.3) is 0 Å². The van der Waals surface area contributed by atoms with Crippen molar-refractivity contribution in [3.8, 4) is 0 Å². The van der Waals surface area contributed by atoms with Crippen LogP contribution in [0.2, 0.25) is 0 Å². The van der Waals surface area contributed by atoms with Crippen LogP contribution in [-0.2, 0) is 4.74 Å². The average molecular weight is 340 g/mol. The van der Waals surface area contributed by atoms with Crippen molar-refractivity contribution in [3.63, 3.8) is 0 Å². The van der Waals surface area contributed by atoms with E-state index in [-0.39, 0.29) is 6.09 Å². The SMILES string of the molecule is CC(C)C(CNC1CCN(C(=O)OC(C)(C)C)CC1)N1CCCC1. The molecule has 5 heteroatoms. The normalized spacial score (nSPS) is 22.2. The van der Waals surface area contributed by atoms with Crippen LogP contribution in [0.3, 0.4) is 0 Å². The smallest absolute Gasteiger partial charge is 0.410 e. The minimum Gasteiger partial charge on any atom is -0.444 e. The topological polar surface area (TPSA) is 44.8 Å². The molecule has 0 spiro atoms. The van der Waals surface area contributed by atoms with Crippen molar-refractivity contribution in [2.24, 2.45) is 5.92 Å². The summed E-state index contributed by atoms with van der Waals surface area (Å²) in [4.78, 5) is 16.6. The van der Waals surface area contributed by atoms with Crippen LogP contribution in [-0.4, -0.2) is 66.3 Å². The van der Waals surface area contributed by atoms with Gasteiger partial charge in [0.2, 0.25) is 0 Å². The van der Waals surface area contributed by atoms with Gasteiger partial charge in [-0.2, -0.15) is 0 Å². The van der Waals surface area contributed by atoms with E-state index in [9.17, 15) is 4.79 Å². The van der Waals surface area contributed by atoms with Gasteiger partial charge >= 0.3 is 6.09 Å². The van der Waals surface area contributed by atoms with Gasteiger partial charge in [0.15, 0.2) is 0 Å². The largest absolute Gasteiger partial charge is 0.444 e. The molecule has 0 aromatic carbocycles. The molecule has 0 radical (unpaired) electrons. The van der Waals surface area contributed by atoms with Gasteiger partial charge in [-0.25, -0.2) is 4.79 Å². The molecule has 24 heavy (non-hydrogen) atoms. The second-order valence-electron chi connectivity index (χ2n) is 8.70. The minimum absolute atomic E-state index is 0.168. The Morgan fingerprint density at radius 3 is 2.21 bits per heavy atom. The Morgan fingerprint density at radius 1 is 1.12 bits per heavy atom. The number of amides is 1. The highest BCUT2D eigenvalue weighted by atomic mass is 16.6. The molecule has 2 rings (SSSR count). The van der Waals surface area contributed by atoms with Crippen molar-refractivity contribution < 1.29 is 9.53 Å². The molecule has 5 nitrogen and oxygen atoms in total. The molecule has 1 amide bonds. The molecule has 2 fully saturated rings. The number of rotatable bonds is 5. The van der Waals surface area contributed by atoms with Gasteiger partial charge in [-0.05, 0) is 65.5 Å². The lowest BCUT2D eigenvalue weighted by atomic mass is 10.0. The zero-order chi connectivity index (χ0) is 17.7. The molecule has 0 aromatic rings. The van der Waals surface area contributed by atoms with Crippen molar-refractivity contribution in [1.29, 1.82) is 0 Å². The Bertz CT molecular complexity index is 392. The Balaban J connectivity index is 1.73. The number of likely N-dealkylation sites (tertiary alicyclic amines) is 2. The number of carbonyl (C=O) groups is 1. The Labute approximate surface area is 148 Å². The molecular weight excluding hydrogens is 302 g/mol. The summed E-state index contributed by atoms with van der Waals surface area (Å²) in [6, 6.07) is 1.16. The van der Waals surface area contributed by atoms with Gasteiger partial charge in [-0.15, -0.1) is 0 Å². The second-order valence-corrected chi connectivity index (χ2v) is 8.70. The Kier molecular flexibility index (Phi) is 6.93. The quantitative estimate of drug-likeness (QED) is 0.836. The predicted molar refractivity (Wildman–Crippen MR) is 98.3 cm³/mol. The minimum atomic E-state index is -0.410. The van der Waals surface area contributed by atoms with Crippen LogP contribution >= 0.6 is 0 Å². The molecule has 1 unspecified atom stereocenters. The summed E-state index contributed by atoms with van der Waals surface area (Å²) in [5.74, 6) is 0.678. The number of nitrogens with one attached hydrogen (secondary N) is 1. The van der Waals surface area contributed by atoms with Crippen LogP contribution < -0.4 is 5.32 Å². The lowest BCUT2D eigenvalue weighted by Gasteiger charge is -2.36. The summed E-state index contributed by atoms with van der Waals surface area (Å²) in [6.45, 7) is 15.6. The average Bonchev–Trinajstić information content (AvgIpc) is 3.00. The van der Waals surface area contributed by atoms with E-state index in [1.54, 1.807) is 0 Å². The lowest BCUT2D eigenvalue weighted by molar-refractivity contribution is 0.0196. The Morgan fingerprint density at radius 2 is 1.71 bits per heavy atom. The first-order chi connectivity index (χ1) is 11.3. The van der Waals surface area contributed by atoms with Crippen LogP contribution in [0, 0.1) is 5.92 Å². The third-order valence-corrected chi connectivity index (χ3v) is 5.14. The van der Waals surface area contributed by atoms with Crippen molar-refractivity contribution in [3.05, 3.63) is 0 Å². The van der Waals surface area contributed by atoms with E-state index in [4.69, 9.17) is 4.74 Å². The maximum absolute atomic E-state index is 12.1. The maximum Gasteiger partial charge on any atom is 0.410 e. The van der Waals surface area contributed by atoms with Crippen molar-refractivity contribution in [1.82, 2.24) is 15.1 Å². The number of hydrogen-bond donors (Lipinski definition) is 1. The van der Waals surface area contributed by atoms with E-state index in [0.717, 1.165) is 32.5 Å². The zero-order valence-corrected chi connectivity index (χ0v) is 16.3. The number of ether oxygens (including phenoxy) is 1. The molecule has 140 valence electrons. The fourth-order valence-electron chi connectivity index (χ4n) is 3.74. The van der Waals surface area contributed by atoms with Crippen LogP contribution in [0.1, 0.15) is 60.3 Å². The van der Waals surface area contributed by atoms with Crippen LogP contribution in [0.5, 0.6) is 0 Å². The van der Waals surface area contributed by atoms with Crippen LogP contribution in [0.4, 0.5) is 4.79 Å². The first-order valence-corrected chi connectivity index (χ1v) is 9.71. The van der Waals surface area contributed by atoms with E-state index < -0.39 is 5.60 Å². The number of hydrogen-bond acceptors (Lipinski definition) is 4. The van der Waals surface area contributed by atoms with E-state index in [1.165, 1.54) is 25.9 Å². The predicted octanol–water partition coefficient (Wildman–Crippen LogP) is 3.10. The molecule has 2 aliphatic rings. The van der Waals surface area contributed by atoms with Crippen molar-refractivity contribution >= 4 is 6.09 Å². The highest BCUT2D eigenvalue weighted by molar-refractivity contribution is 5.68. The van der Waals surface area contributed by atoms with Gasteiger partial charge in [-0.3, -0.25) is 4.90 Å². The van der Waals surface area contributed by atoms with Crippen LogP contribution in [0.25, 0.3) is 0 Å². The summed E-state index contributed by atoms with van der Waals surface area (Å²) >= 11 is 0. The zero-order valence-electron chi connectivity index (χ0n) is 16.3. The van der Waals surface area contributed by atoms with Gasteiger partial charge in [0.1, 0.15) is 5.60 Å². The first-order valence-electron chi connectivity index (χ1n) is 9.71. The Hall–Kier alpha value is -0.810. The van der Waals surface area contributed by atoms with E-state index in [1.807, 2.05) is 25.7 Å². The van der Waals surface area contributed by atoms with Crippen molar-refractivity contribution in [2.75, 3.05) is 32.7 Å². The molecule has 2 heterocycles. The highest BCUT2D eigenvalue weighted by Gasteiger charge is 2.29. The van der Waals surface area contributed by atoms with E-state index in [0.29, 0.717) is 18.0 Å². The van der Waals surface area contributed by atoms with Gasteiger partial charge in [0, 0.05) is 31.7 Å². The van der Waals surface area contributed by atoms with Gasteiger partial charge < -0.3 is 15.0 Å². The van der Waals surface area contributed by atoms with E-state index >= 15 is 0 Å². The number of carbonyl (C=O) groups excluding carboxylic acids is 1. The number of piperidine rings is 1. The molecule has 0 saturated carbocycles. The third-order valence-electron chi connectivity index (χ3n) is 5.14. The number of nitrogens with zero attached hydrogens (tertiary/aromatic N) is 2. The molecule has 0 aliphatic carbocycles. The maximum atomic E-state index is 12.1. The molecule has 2 saturated heterocycles. The van der Waals surface area contributed by atoms with Gasteiger partial charge in [0.05, 0.1) is 0 Å². The molecule has 2 aliphatic heterocycles. The van der Waals surface area contributed by atoms with Gasteiger partial charge in [-0.1, -0.05) is 13.8 Å².